The van der Waals surface area contributed by atoms with Crippen molar-refractivity contribution in [1.82, 2.24) is 0 Å². The van der Waals surface area contributed by atoms with Gasteiger partial charge >= 0.3 is 0 Å². The minimum atomic E-state index is -0.521. The lowest BCUT2D eigenvalue weighted by Gasteiger charge is -2.17. The molecule has 0 radical (unpaired) electrons. The van der Waals surface area contributed by atoms with Crippen LogP contribution in [0, 0.1) is 12.7 Å². The average molecular weight is 302 g/mol. The van der Waals surface area contributed by atoms with Gasteiger partial charge in [-0.25, -0.2) is 4.39 Å². The van der Waals surface area contributed by atoms with Gasteiger partial charge in [-0.05, 0) is 43.7 Å². The van der Waals surface area contributed by atoms with Gasteiger partial charge in [-0.1, -0.05) is 18.2 Å². The normalized spacial score (nSPS) is 11.6. The summed E-state index contributed by atoms with van der Waals surface area (Å²) in [5.74, 6) is 0.0530. The lowest BCUT2D eigenvalue weighted by Crippen LogP contribution is -2.32. The van der Waals surface area contributed by atoms with Gasteiger partial charge in [0, 0.05) is 5.69 Å². The fourth-order valence-corrected chi connectivity index (χ4v) is 1.99. The van der Waals surface area contributed by atoms with Crippen molar-refractivity contribution in [2.24, 2.45) is 0 Å². The number of amides is 1. The van der Waals surface area contributed by atoms with Crippen molar-refractivity contribution in [2.45, 2.75) is 19.9 Å². The van der Waals surface area contributed by atoms with Crippen LogP contribution in [0.25, 0.3) is 0 Å². The number of nitrogens with one attached hydrogen (secondary N) is 2. The zero-order valence-corrected chi connectivity index (χ0v) is 12.8. The Morgan fingerprint density at radius 1 is 1.23 bits per heavy atom. The first-order valence-corrected chi connectivity index (χ1v) is 6.98. The summed E-state index contributed by atoms with van der Waals surface area (Å²) in [5.41, 5.74) is 1.72. The summed E-state index contributed by atoms with van der Waals surface area (Å²) in [6, 6.07) is 11.4. The van der Waals surface area contributed by atoms with Crippen LogP contribution in [0.4, 0.5) is 15.8 Å². The van der Waals surface area contributed by atoms with E-state index in [-0.39, 0.29) is 11.7 Å². The number of carbonyl (C=O) groups is 1. The number of ether oxygens (including phenoxy) is 1. The molecular formula is C17H19FN2O2. The van der Waals surface area contributed by atoms with E-state index < -0.39 is 6.04 Å². The van der Waals surface area contributed by atoms with Gasteiger partial charge in [0.2, 0.25) is 5.91 Å². The number of benzene rings is 2. The van der Waals surface area contributed by atoms with Crippen LogP contribution in [0.3, 0.4) is 0 Å². The molecule has 0 spiro atoms. The molecule has 22 heavy (non-hydrogen) atoms. The van der Waals surface area contributed by atoms with E-state index in [1.165, 1.54) is 6.07 Å². The van der Waals surface area contributed by atoms with Crippen LogP contribution in [-0.2, 0) is 4.79 Å². The monoisotopic (exact) mass is 302 g/mol. The molecule has 2 rings (SSSR count). The van der Waals surface area contributed by atoms with Crippen LogP contribution in [0.1, 0.15) is 12.5 Å². The summed E-state index contributed by atoms with van der Waals surface area (Å²) in [6.45, 7) is 3.40. The third-order valence-corrected chi connectivity index (χ3v) is 3.31. The second kappa shape index (κ2) is 6.93. The summed E-state index contributed by atoms with van der Waals surface area (Å²) in [7, 11) is 1.54. The molecule has 0 heterocycles. The molecule has 116 valence electrons. The first kappa shape index (κ1) is 15.8. The van der Waals surface area contributed by atoms with Crippen molar-refractivity contribution < 1.29 is 13.9 Å². The maximum absolute atomic E-state index is 13.5. The van der Waals surface area contributed by atoms with Crippen LogP contribution in [0.5, 0.6) is 5.75 Å². The van der Waals surface area contributed by atoms with E-state index >= 15 is 0 Å². The van der Waals surface area contributed by atoms with Crippen LogP contribution in [0.2, 0.25) is 0 Å². The van der Waals surface area contributed by atoms with Gasteiger partial charge in [0.15, 0.2) is 0 Å². The van der Waals surface area contributed by atoms with E-state index in [9.17, 15) is 9.18 Å². The molecule has 2 aromatic carbocycles. The van der Waals surface area contributed by atoms with Gasteiger partial charge < -0.3 is 15.4 Å². The Morgan fingerprint density at radius 3 is 2.64 bits per heavy atom. The molecule has 0 unspecified atom stereocenters. The quantitative estimate of drug-likeness (QED) is 0.887. The van der Waals surface area contributed by atoms with Crippen molar-refractivity contribution in [3.05, 3.63) is 53.8 Å². The maximum Gasteiger partial charge on any atom is 0.246 e. The van der Waals surface area contributed by atoms with Crippen LogP contribution in [0.15, 0.2) is 42.5 Å². The Morgan fingerprint density at radius 2 is 1.95 bits per heavy atom. The number of para-hydroxylation sites is 2. The highest BCUT2D eigenvalue weighted by Crippen LogP contribution is 2.23. The molecular weight excluding hydrogens is 283 g/mol. The lowest BCUT2D eigenvalue weighted by atomic mass is 10.2. The van der Waals surface area contributed by atoms with Crippen LogP contribution in [-0.4, -0.2) is 19.1 Å². The standard InChI is InChI=1S/C17H19FN2O2/c1-11-8-9-13(10-14(11)18)19-12(2)17(21)20-15-6-4-5-7-16(15)22-3/h4-10,12,19H,1-3H3,(H,20,21)/t12-/m0/s1. The highest BCUT2D eigenvalue weighted by molar-refractivity contribution is 5.97. The SMILES string of the molecule is COc1ccccc1NC(=O)[C@H](C)Nc1ccc(C)c(F)c1. The first-order valence-electron chi connectivity index (χ1n) is 6.98. The Hall–Kier alpha value is -2.56. The number of carbonyl (C=O) groups excluding carboxylic acids is 1. The Bertz CT molecular complexity index is 673. The molecule has 1 atom stereocenters. The minimum Gasteiger partial charge on any atom is -0.495 e. The molecule has 0 bridgehead atoms. The van der Waals surface area contributed by atoms with Crippen molar-refractivity contribution in [2.75, 3.05) is 17.7 Å². The molecule has 0 fully saturated rings. The predicted octanol–water partition coefficient (Wildman–Crippen LogP) is 3.58. The van der Waals surface area contributed by atoms with E-state index in [4.69, 9.17) is 4.74 Å². The van der Waals surface area contributed by atoms with Gasteiger partial charge in [-0.15, -0.1) is 0 Å². The van der Waals surface area contributed by atoms with E-state index in [0.29, 0.717) is 22.7 Å². The van der Waals surface area contributed by atoms with Crippen LogP contribution < -0.4 is 15.4 Å². The van der Waals surface area contributed by atoms with Crippen molar-refractivity contribution in [3.8, 4) is 5.75 Å². The van der Waals surface area contributed by atoms with E-state index in [0.717, 1.165) is 0 Å². The van der Waals surface area contributed by atoms with Gasteiger partial charge in [-0.2, -0.15) is 0 Å². The summed E-state index contributed by atoms with van der Waals surface area (Å²) in [6.07, 6.45) is 0. The minimum absolute atomic E-state index is 0.231. The summed E-state index contributed by atoms with van der Waals surface area (Å²) in [5, 5.41) is 5.76. The number of rotatable bonds is 5. The number of aryl methyl sites for hydroxylation is 1. The first-order chi connectivity index (χ1) is 10.5. The molecule has 4 nitrogen and oxygen atoms in total. The van der Waals surface area contributed by atoms with Crippen LogP contribution >= 0.6 is 0 Å². The summed E-state index contributed by atoms with van der Waals surface area (Å²) < 4.78 is 18.7. The zero-order valence-electron chi connectivity index (χ0n) is 12.8. The second-order valence-corrected chi connectivity index (χ2v) is 5.02. The predicted molar refractivity (Wildman–Crippen MR) is 85.8 cm³/mol. The van der Waals surface area contributed by atoms with Crippen molar-refractivity contribution in [3.63, 3.8) is 0 Å². The molecule has 0 saturated carbocycles. The van der Waals surface area contributed by atoms with Gasteiger partial charge in [0.25, 0.3) is 0 Å². The molecule has 0 saturated heterocycles. The van der Waals surface area contributed by atoms with Crippen molar-refractivity contribution in [1.29, 1.82) is 0 Å². The van der Waals surface area contributed by atoms with E-state index in [2.05, 4.69) is 10.6 Å². The number of anilines is 2. The number of halogens is 1. The smallest absolute Gasteiger partial charge is 0.246 e. The highest BCUT2D eigenvalue weighted by atomic mass is 19.1. The summed E-state index contributed by atoms with van der Waals surface area (Å²) in [4.78, 5) is 12.2. The van der Waals surface area contributed by atoms with Gasteiger partial charge in [-0.3, -0.25) is 4.79 Å². The topological polar surface area (TPSA) is 50.4 Å². The Balaban J connectivity index is 2.04. The molecule has 0 aliphatic carbocycles. The molecule has 2 N–H and O–H groups in total. The molecule has 0 aliphatic heterocycles. The van der Waals surface area contributed by atoms with E-state index in [1.54, 1.807) is 45.2 Å². The number of methoxy groups -OCH3 is 1. The third-order valence-electron chi connectivity index (χ3n) is 3.31. The van der Waals surface area contributed by atoms with Crippen molar-refractivity contribution >= 4 is 17.3 Å². The molecule has 2 aromatic rings. The lowest BCUT2D eigenvalue weighted by molar-refractivity contribution is -0.116. The Labute approximate surface area is 129 Å². The molecule has 0 aromatic heterocycles. The highest BCUT2D eigenvalue weighted by Gasteiger charge is 2.15. The van der Waals surface area contributed by atoms with Gasteiger partial charge in [0.1, 0.15) is 17.6 Å². The Kier molecular flexibility index (Phi) is 4.99. The fourth-order valence-electron chi connectivity index (χ4n) is 1.99. The molecule has 0 aliphatic rings. The second-order valence-electron chi connectivity index (χ2n) is 5.02. The maximum atomic E-state index is 13.5. The molecule has 5 heteroatoms. The molecule has 1 amide bonds. The average Bonchev–Trinajstić information content (AvgIpc) is 2.51. The fraction of sp³-hybridized carbons (Fsp3) is 0.235. The summed E-state index contributed by atoms with van der Waals surface area (Å²) >= 11 is 0. The van der Waals surface area contributed by atoms with Gasteiger partial charge in [0.05, 0.1) is 12.8 Å². The number of hydrogen-bond donors (Lipinski definition) is 2. The number of hydrogen-bond acceptors (Lipinski definition) is 3. The largest absolute Gasteiger partial charge is 0.495 e. The van der Waals surface area contributed by atoms with E-state index in [1.807, 2.05) is 12.1 Å². The third kappa shape index (κ3) is 3.75. The zero-order chi connectivity index (χ0) is 16.1.